The number of carbonyl (C=O) groups is 4. The average Bonchev–Trinajstić information content (AvgIpc) is 2.86. The standard InChI is InChI=1S/C21H29N3O5/c1-6-7-10-21(5)19(27)24(20(28)23-21)12-17(25)29-15(4)18(26)22-16-11-13(2)8-9-14(16)3/h8-9,11,15H,6-7,10,12H2,1-5H3,(H,22,26)(H,23,28)/t15-,21-/m1/s1. The van der Waals surface area contributed by atoms with Crippen molar-refractivity contribution in [2.24, 2.45) is 0 Å². The Kier molecular flexibility index (Phi) is 7.00. The van der Waals surface area contributed by atoms with Crippen LogP contribution in [0.5, 0.6) is 0 Å². The van der Waals surface area contributed by atoms with Gasteiger partial charge in [-0.05, 0) is 51.3 Å². The van der Waals surface area contributed by atoms with Crippen molar-refractivity contribution in [3.8, 4) is 0 Å². The number of unbranched alkanes of at least 4 members (excludes halogenated alkanes) is 1. The van der Waals surface area contributed by atoms with Gasteiger partial charge >= 0.3 is 12.0 Å². The van der Waals surface area contributed by atoms with Crippen molar-refractivity contribution in [3.05, 3.63) is 29.3 Å². The fourth-order valence-electron chi connectivity index (χ4n) is 3.11. The molecule has 2 N–H and O–H groups in total. The van der Waals surface area contributed by atoms with E-state index in [4.69, 9.17) is 4.74 Å². The summed E-state index contributed by atoms with van der Waals surface area (Å²) in [5.41, 5.74) is 1.49. The van der Waals surface area contributed by atoms with Crippen molar-refractivity contribution >= 4 is 29.5 Å². The van der Waals surface area contributed by atoms with Gasteiger partial charge in [0.15, 0.2) is 6.10 Å². The normalized spacial score (nSPS) is 19.7. The van der Waals surface area contributed by atoms with Gasteiger partial charge in [0.05, 0.1) is 0 Å². The number of anilines is 1. The fraction of sp³-hybridized carbons (Fsp3) is 0.524. The minimum absolute atomic E-state index is 0.458. The fourth-order valence-corrected chi connectivity index (χ4v) is 3.11. The number of hydrogen-bond donors (Lipinski definition) is 2. The predicted octanol–water partition coefficient (Wildman–Crippen LogP) is 2.67. The first-order chi connectivity index (χ1) is 13.6. The molecule has 8 nitrogen and oxygen atoms in total. The number of imide groups is 1. The SMILES string of the molecule is CCCC[C@@]1(C)NC(=O)N(CC(=O)O[C@H](C)C(=O)Nc2cc(C)ccc2C)C1=O. The highest BCUT2D eigenvalue weighted by Crippen LogP contribution is 2.23. The summed E-state index contributed by atoms with van der Waals surface area (Å²) in [6.07, 6.45) is 1.08. The smallest absolute Gasteiger partial charge is 0.327 e. The van der Waals surface area contributed by atoms with Crippen LogP contribution in [0, 0.1) is 13.8 Å². The van der Waals surface area contributed by atoms with Crippen LogP contribution < -0.4 is 10.6 Å². The second-order valence-electron chi connectivity index (χ2n) is 7.70. The van der Waals surface area contributed by atoms with Crippen LogP contribution in [-0.4, -0.2) is 46.9 Å². The predicted molar refractivity (Wildman–Crippen MR) is 108 cm³/mol. The first-order valence-corrected chi connectivity index (χ1v) is 9.79. The van der Waals surface area contributed by atoms with E-state index < -0.39 is 42.0 Å². The van der Waals surface area contributed by atoms with E-state index in [0.29, 0.717) is 12.1 Å². The van der Waals surface area contributed by atoms with Gasteiger partial charge in [-0.1, -0.05) is 31.9 Å². The van der Waals surface area contributed by atoms with Crippen molar-refractivity contribution in [2.45, 2.75) is 65.5 Å². The number of rotatable bonds is 8. The number of esters is 1. The highest BCUT2D eigenvalue weighted by Gasteiger charge is 2.48. The third-order valence-corrected chi connectivity index (χ3v) is 4.99. The van der Waals surface area contributed by atoms with Gasteiger partial charge in [0.1, 0.15) is 12.1 Å². The van der Waals surface area contributed by atoms with Gasteiger partial charge < -0.3 is 15.4 Å². The lowest BCUT2D eigenvalue weighted by molar-refractivity contribution is -0.155. The summed E-state index contributed by atoms with van der Waals surface area (Å²) in [6, 6.07) is 5.01. The van der Waals surface area contributed by atoms with Crippen LogP contribution >= 0.6 is 0 Å². The van der Waals surface area contributed by atoms with Crippen molar-refractivity contribution in [1.29, 1.82) is 0 Å². The Labute approximate surface area is 171 Å². The van der Waals surface area contributed by atoms with Gasteiger partial charge in [0.2, 0.25) is 0 Å². The van der Waals surface area contributed by atoms with E-state index in [1.165, 1.54) is 6.92 Å². The molecule has 0 radical (unpaired) electrons. The summed E-state index contributed by atoms with van der Waals surface area (Å²) in [7, 11) is 0. The highest BCUT2D eigenvalue weighted by atomic mass is 16.5. The van der Waals surface area contributed by atoms with E-state index in [9.17, 15) is 19.2 Å². The average molecular weight is 403 g/mol. The van der Waals surface area contributed by atoms with Crippen molar-refractivity contribution < 1.29 is 23.9 Å². The van der Waals surface area contributed by atoms with Crippen molar-refractivity contribution in [3.63, 3.8) is 0 Å². The molecule has 2 atom stereocenters. The first kappa shape index (κ1) is 22.4. The van der Waals surface area contributed by atoms with Crippen LogP contribution in [0.1, 0.15) is 51.2 Å². The van der Waals surface area contributed by atoms with E-state index >= 15 is 0 Å². The maximum atomic E-state index is 12.6. The van der Waals surface area contributed by atoms with Crippen molar-refractivity contribution in [1.82, 2.24) is 10.2 Å². The summed E-state index contributed by atoms with van der Waals surface area (Å²) < 4.78 is 5.14. The van der Waals surface area contributed by atoms with Crippen molar-refractivity contribution in [2.75, 3.05) is 11.9 Å². The molecule has 0 aromatic heterocycles. The van der Waals surface area contributed by atoms with Gasteiger partial charge in [-0.25, -0.2) is 4.79 Å². The zero-order valence-electron chi connectivity index (χ0n) is 17.6. The van der Waals surface area contributed by atoms with Gasteiger partial charge in [0, 0.05) is 5.69 Å². The molecule has 0 unspecified atom stereocenters. The van der Waals surface area contributed by atoms with E-state index in [0.717, 1.165) is 28.9 Å². The molecule has 0 saturated carbocycles. The van der Waals surface area contributed by atoms with Crippen LogP contribution in [0.4, 0.5) is 10.5 Å². The topological polar surface area (TPSA) is 105 Å². The second-order valence-corrected chi connectivity index (χ2v) is 7.70. The minimum atomic E-state index is -1.07. The molecule has 29 heavy (non-hydrogen) atoms. The lowest BCUT2D eigenvalue weighted by Crippen LogP contribution is -2.44. The maximum Gasteiger partial charge on any atom is 0.327 e. The number of nitrogens with one attached hydrogen (secondary N) is 2. The van der Waals surface area contributed by atoms with Gasteiger partial charge in [-0.3, -0.25) is 19.3 Å². The van der Waals surface area contributed by atoms with Gasteiger partial charge in [0.25, 0.3) is 11.8 Å². The highest BCUT2D eigenvalue weighted by molar-refractivity contribution is 6.08. The summed E-state index contributed by atoms with van der Waals surface area (Å²) in [5, 5.41) is 5.37. The van der Waals surface area contributed by atoms with E-state index in [2.05, 4.69) is 10.6 Å². The molecule has 1 saturated heterocycles. The maximum absolute atomic E-state index is 12.6. The van der Waals surface area contributed by atoms with E-state index in [1.54, 1.807) is 6.92 Å². The van der Waals surface area contributed by atoms with Crippen LogP contribution in [0.3, 0.4) is 0 Å². The lowest BCUT2D eigenvalue weighted by atomic mass is 9.95. The summed E-state index contributed by atoms with van der Waals surface area (Å²) in [6.45, 7) is 8.31. The second kappa shape index (κ2) is 9.07. The molecule has 4 amide bonds. The first-order valence-electron chi connectivity index (χ1n) is 9.79. The number of carbonyl (C=O) groups excluding carboxylic acids is 4. The quantitative estimate of drug-likeness (QED) is 0.513. The monoisotopic (exact) mass is 403 g/mol. The Bertz CT molecular complexity index is 823. The number of ether oxygens (including phenoxy) is 1. The van der Waals surface area contributed by atoms with E-state index in [1.807, 2.05) is 39.0 Å². The Morgan fingerprint density at radius 2 is 1.97 bits per heavy atom. The van der Waals surface area contributed by atoms with Crippen LogP contribution in [-0.2, 0) is 19.1 Å². The van der Waals surface area contributed by atoms with Crippen LogP contribution in [0.2, 0.25) is 0 Å². The Morgan fingerprint density at radius 3 is 2.62 bits per heavy atom. The molecule has 158 valence electrons. The molecule has 8 heteroatoms. The number of hydrogen-bond acceptors (Lipinski definition) is 5. The number of benzene rings is 1. The molecule has 1 aromatic rings. The van der Waals surface area contributed by atoms with Gasteiger partial charge in [-0.15, -0.1) is 0 Å². The molecule has 2 rings (SSSR count). The molecule has 1 aliphatic heterocycles. The summed E-state index contributed by atoms with van der Waals surface area (Å²) >= 11 is 0. The zero-order valence-corrected chi connectivity index (χ0v) is 17.6. The Hall–Kier alpha value is -2.90. The van der Waals surface area contributed by atoms with Gasteiger partial charge in [-0.2, -0.15) is 0 Å². The largest absolute Gasteiger partial charge is 0.451 e. The Morgan fingerprint density at radius 1 is 1.28 bits per heavy atom. The number of amides is 4. The molecule has 0 spiro atoms. The summed E-state index contributed by atoms with van der Waals surface area (Å²) in [5.74, 6) is -1.77. The van der Waals surface area contributed by atoms with Crippen LogP contribution in [0.15, 0.2) is 18.2 Å². The number of aryl methyl sites for hydroxylation is 2. The molecular formula is C21H29N3O5. The Balaban J connectivity index is 1.94. The number of urea groups is 1. The third kappa shape index (κ3) is 5.34. The number of nitrogens with zero attached hydrogens (tertiary/aromatic N) is 1. The molecule has 1 heterocycles. The molecule has 0 aliphatic carbocycles. The third-order valence-electron chi connectivity index (χ3n) is 4.99. The molecule has 1 fully saturated rings. The molecular weight excluding hydrogens is 374 g/mol. The van der Waals surface area contributed by atoms with Crippen LogP contribution in [0.25, 0.3) is 0 Å². The minimum Gasteiger partial charge on any atom is -0.451 e. The lowest BCUT2D eigenvalue weighted by Gasteiger charge is -2.21. The molecule has 0 bridgehead atoms. The summed E-state index contributed by atoms with van der Waals surface area (Å²) in [4.78, 5) is 50.1. The van der Waals surface area contributed by atoms with E-state index in [-0.39, 0.29) is 0 Å². The zero-order chi connectivity index (χ0) is 21.8. The molecule has 1 aromatic carbocycles. The molecule has 1 aliphatic rings.